The van der Waals surface area contributed by atoms with Crippen LogP contribution in [-0.2, 0) is 28.5 Å². The maximum atomic E-state index is 14.2. The van der Waals surface area contributed by atoms with Crippen LogP contribution < -0.4 is 10.6 Å². The number of imidazole rings is 2. The Bertz CT molecular complexity index is 2120. The van der Waals surface area contributed by atoms with Crippen molar-refractivity contribution in [1.29, 1.82) is 0 Å². The van der Waals surface area contributed by atoms with Crippen molar-refractivity contribution in [2.75, 3.05) is 40.6 Å². The van der Waals surface area contributed by atoms with Crippen molar-refractivity contribution in [3.63, 3.8) is 0 Å². The Morgan fingerprint density at radius 1 is 0.597 bits per heavy atom. The van der Waals surface area contributed by atoms with Crippen molar-refractivity contribution < 1.29 is 38.1 Å². The summed E-state index contributed by atoms with van der Waals surface area (Å²) in [4.78, 5) is 73.7. The first-order valence-electron chi connectivity index (χ1n) is 22.1. The van der Waals surface area contributed by atoms with Crippen LogP contribution in [0, 0.1) is 23.7 Å². The van der Waals surface area contributed by atoms with Gasteiger partial charge >= 0.3 is 12.2 Å². The van der Waals surface area contributed by atoms with E-state index >= 15 is 0 Å². The van der Waals surface area contributed by atoms with Gasteiger partial charge in [0.05, 0.1) is 50.1 Å². The van der Waals surface area contributed by atoms with Crippen LogP contribution in [0.1, 0.15) is 74.8 Å². The lowest BCUT2D eigenvalue weighted by molar-refractivity contribution is -0.138. The zero-order chi connectivity index (χ0) is 42.5. The molecule has 0 spiro atoms. The third kappa shape index (κ3) is 7.82. The van der Waals surface area contributed by atoms with Crippen molar-refractivity contribution in [2.24, 2.45) is 23.7 Å². The molecule has 62 heavy (non-hydrogen) atoms. The van der Waals surface area contributed by atoms with Crippen LogP contribution in [0.4, 0.5) is 9.59 Å². The highest BCUT2D eigenvalue weighted by molar-refractivity contribution is 5.88. The molecule has 6 fully saturated rings. The quantitative estimate of drug-likeness (QED) is 0.144. The van der Waals surface area contributed by atoms with Crippen LogP contribution in [0.2, 0.25) is 0 Å². The van der Waals surface area contributed by atoms with E-state index in [2.05, 4.69) is 44.9 Å². The zero-order valence-corrected chi connectivity index (χ0v) is 35.1. The molecule has 6 heterocycles. The maximum absolute atomic E-state index is 14.2. The first-order chi connectivity index (χ1) is 30.3. The smallest absolute Gasteiger partial charge is 0.407 e. The molecule has 0 radical (unpaired) electrons. The Balaban J connectivity index is 0.804. The second-order valence-corrected chi connectivity index (χ2v) is 17.8. The number of hydrogen-bond acceptors (Lipinski definition) is 10. The van der Waals surface area contributed by atoms with E-state index in [0.29, 0.717) is 63.9 Å². The number of carbonyl (C=O) groups excluding carboxylic acids is 4. The van der Waals surface area contributed by atoms with E-state index in [1.54, 1.807) is 0 Å². The summed E-state index contributed by atoms with van der Waals surface area (Å²) in [5, 5.41) is 5.71. The minimum Gasteiger partial charge on any atom is -0.453 e. The number of aromatic amines is 2. The molecule has 16 nitrogen and oxygen atoms in total. The molecule has 2 aliphatic carbocycles. The lowest BCUT2D eigenvalue weighted by Crippen LogP contribution is -2.53. The summed E-state index contributed by atoms with van der Waals surface area (Å²) in [7, 11) is 2.64. The van der Waals surface area contributed by atoms with Gasteiger partial charge in [-0.3, -0.25) is 9.59 Å². The van der Waals surface area contributed by atoms with Crippen molar-refractivity contribution in [2.45, 2.75) is 87.6 Å². The van der Waals surface area contributed by atoms with Crippen LogP contribution in [0.5, 0.6) is 0 Å². The van der Waals surface area contributed by atoms with E-state index in [1.165, 1.54) is 14.2 Å². The number of ether oxygens (including phenoxy) is 4. The number of rotatable bonds is 11. The van der Waals surface area contributed by atoms with E-state index in [9.17, 15) is 19.2 Å². The molecule has 16 heteroatoms. The Hall–Kier alpha value is -5.74. The van der Waals surface area contributed by atoms with Gasteiger partial charge in [-0.15, -0.1) is 0 Å². The van der Waals surface area contributed by atoms with E-state index in [4.69, 9.17) is 28.9 Å². The zero-order valence-electron chi connectivity index (χ0n) is 35.1. The first-order valence-corrected chi connectivity index (χ1v) is 22.1. The molecule has 8 atom stereocenters. The topological polar surface area (TPSA) is 193 Å². The number of likely N-dealkylation sites (tertiary alicyclic amines) is 2. The molecule has 4 saturated heterocycles. The average Bonchev–Trinajstić information content (AvgIpc) is 3.90. The van der Waals surface area contributed by atoms with Crippen LogP contribution in [0.15, 0.2) is 60.9 Å². The highest BCUT2D eigenvalue weighted by atomic mass is 16.5. The van der Waals surface area contributed by atoms with Crippen LogP contribution in [0.3, 0.4) is 0 Å². The number of aromatic nitrogens is 4. The standard InChI is InChI=1S/C46H54N8O8/c1-59-45(57)51-39(27-11-15-61-16-12-27)43(55)53-35-19-31(35)21-37(53)33-23-47-41(49-33)29-7-3-25(4-8-29)26-5-9-30(10-6-26)42-48-24-34(50-42)38-22-32-20-36(32)54(38)44(56)40(52-46(58)60-2)28-13-17-62-18-14-28/h3-10,23-24,27-28,31-32,35-40H,11-22H2,1-2H3,(H,47,49)(H,48,50)(H,51,57)(H,52,58)/t31-,32-,35-,36-,37+,38+,39+,40+/m1/s1. The van der Waals surface area contributed by atoms with Gasteiger partial charge in [-0.2, -0.15) is 0 Å². The monoisotopic (exact) mass is 846 g/mol. The normalized spacial score (nSPS) is 26.5. The number of nitrogens with zero attached hydrogens (tertiary/aromatic N) is 4. The highest BCUT2D eigenvalue weighted by Gasteiger charge is 2.57. The molecule has 2 saturated carbocycles. The Morgan fingerprint density at radius 3 is 1.34 bits per heavy atom. The highest BCUT2D eigenvalue weighted by Crippen LogP contribution is 2.55. The number of benzene rings is 2. The van der Waals surface area contributed by atoms with Gasteiger partial charge < -0.3 is 49.3 Å². The fourth-order valence-electron chi connectivity index (χ4n) is 10.6. The van der Waals surface area contributed by atoms with Crippen LogP contribution in [-0.4, -0.2) is 119 Å². The molecule has 0 bridgehead atoms. The van der Waals surface area contributed by atoms with Crippen molar-refractivity contribution in [1.82, 2.24) is 40.4 Å². The molecular weight excluding hydrogens is 793 g/mol. The molecule has 2 aromatic heterocycles. The molecular formula is C46H54N8O8. The molecule has 4 aromatic rings. The number of nitrogens with one attached hydrogen (secondary N) is 4. The Morgan fingerprint density at radius 2 is 0.968 bits per heavy atom. The molecule has 0 unspecified atom stereocenters. The van der Waals surface area contributed by atoms with Crippen LogP contribution >= 0.6 is 0 Å². The molecule has 6 aliphatic rings. The minimum absolute atomic E-state index is 0.0169. The number of amides is 4. The van der Waals surface area contributed by atoms with Gasteiger partial charge in [-0.05, 0) is 86.2 Å². The summed E-state index contributed by atoms with van der Waals surface area (Å²) in [5.41, 5.74) is 5.76. The maximum Gasteiger partial charge on any atom is 0.407 e. The Kier molecular flexibility index (Phi) is 11.0. The fraction of sp³-hybridized carbons (Fsp3) is 0.522. The minimum atomic E-state index is -0.668. The molecule has 2 aromatic carbocycles. The third-order valence-corrected chi connectivity index (χ3v) is 14.2. The largest absolute Gasteiger partial charge is 0.453 e. The number of methoxy groups -OCH3 is 2. The second kappa shape index (κ2) is 16.9. The van der Waals surface area contributed by atoms with E-state index in [0.717, 1.165) is 71.0 Å². The van der Waals surface area contributed by atoms with E-state index < -0.39 is 24.3 Å². The van der Waals surface area contributed by atoms with Gasteiger partial charge in [0.2, 0.25) is 11.8 Å². The summed E-state index contributed by atoms with van der Waals surface area (Å²) < 4.78 is 20.9. The predicted molar refractivity (Wildman–Crippen MR) is 225 cm³/mol. The number of hydrogen-bond donors (Lipinski definition) is 4. The number of carbonyl (C=O) groups is 4. The Labute approximate surface area is 359 Å². The van der Waals surface area contributed by atoms with E-state index in [-0.39, 0.29) is 47.8 Å². The summed E-state index contributed by atoms with van der Waals surface area (Å²) in [6, 6.07) is 15.2. The summed E-state index contributed by atoms with van der Waals surface area (Å²) >= 11 is 0. The van der Waals surface area contributed by atoms with E-state index in [1.807, 2.05) is 46.5 Å². The number of H-pyrrole nitrogens is 2. The van der Waals surface area contributed by atoms with Gasteiger partial charge in [0.25, 0.3) is 0 Å². The summed E-state index contributed by atoms with van der Waals surface area (Å²) in [6.45, 7) is 2.27. The average molecular weight is 847 g/mol. The van der Waals surface area contributed by atoms with Gasteiger partial charge in [0.15, 0.2) is 0 Å². The van der Waals surface area contributed by atoms with Crippen LogP contribution in [0.25, 0.3) is 33.9 Å². The fourth-order valence-corrected chi connectivity index (χ4v) is 10.6. The third-order valence-electron chi connectivity index (χ3n) is 14.2. The molecule has 4 N–H and O–H groups in total. The predicted octanol–water partition coefficient (Wildman–Crippen LogP) is 5.76. The molecule has 10 rings (SSSR count). The molecule has 4 aliphatic heterocycles. The van der Waals surface area contributed by atoms with Crippen molar-refractivity contribution in [3.05, 3.63) is 72.3 Å². The van der Waals surface area contributed by atoms with Gasteiger partial charge in [0.1, 0.15) is 23.7 Å². The van der Waals surface area contributed by atoms with Crippen molar-refractivity contribution in [3.8, 4) is 33.9 Å². The van der Waals surface area contributed by atoms with Gasteiger partial charge in [-0.1, -0.05) is 48.5 Å². The SMILES string of the molecule is COC(=O)N[C@H](C(=O)N1[C@@H]2C[C@@H]2C[C@H]1c1cnc(-c2ccc(-c3ccc(-c4ncc([C@@H]5C[C@H]6C[C@H]6N5C(=O)[C@@H](NC(=O)OC)C5CCOCC5)[nH]4)cc3)cc2)[nH]1)C1CCOCC1. The first kappa shape index (κ1) is 40.3. The summed E-state index contributed by atoms with van der Waals surface area (Å²) in [5.74, 6) is 2.19. The number of fused-ring (bicyclic) bond motifs is 2. The molecule has 326 valence electrons. The number of alkyl carbamates (subject to hydrolysis) is 2. The number of piperidine rings is 2. The summed E-state index contributed by atoms with van der Waals surface area (Å²) in [6.07, 6.45) is 8.97. The second-order valence-electron chi connectivity index (χ2n) is 17.8. The van der Waals surface area contributed by atoms with Gasteiger partial charge in [-0.25, -0.2) is 19.6 Å². The van der Waals surface area contributed by atoms with Crippen molar-refractivity contribution >= 4 is 24.0 Å². The lowest BCUT2D eigenvalue weighted by atomic mass is 9.90. The lowest BCUT2D eigenvalue weighted by Gasteiger charge is -2.35. The van der Waals surface area contributed by atoms with Gasteiger partial charge in [0, 0.05) is 49.6 Å². The molecule has 4 amide bonds.